The highest BCUT2D eigenvalue weighted by molar-refractivity contribution is 14.1. The predicted octanol–water partition coefficient (Wildman–Crippen LogP) is 7.37. The molecule has 0 unspecified atom stereocenters. The Labute approximate surface area is 404 Å². The minimum Gasteiger partial charge on any atom is -0.391 e. The summed E-state index contributed by atoms with van der Waals surface area (Å²) in [6.07, 6.45) is 0.922. The van der Waals surface area contributed by atoms with E-state index in [2.05, 4.69) is 36.9 Å². The Morgan fingerprint density at radius 3 is 2.40 bits per heavy atom. The molecule has 0 saturated carbocycles. The highest BCUT2D eigenvalue weighted by Gasteiger charge is 2.43. The summed E-state index contributed by atoms with van der Waals surface area (Å²) in [6.45, 7) is 9.07. The number of aryl methyl sites for hydroxylation is 2. The molecule has 0 spiro atoms. The van der Waals surface area contributed by atoms with Gasteiger partial charge in [0.15, 0.2) is 11.6 Å². The van der Waals surface area contributed by atoms with E-state index in [-0.39, 0.29) is 55.0 Å². The minimum atomic E-state index is -1.34. The first-order valence-corrected chi connectivity index (χ1v) is 23.9. The number of aliphatic hydroxyl groups excluding tert-OH is 1. The van der Waals surface area contributed by atoms with Gasteiger partial charge in [-0.05, 0) is 116 Å². The monoisotopic (exact) mass is 1060 g/mol. The number of likely N-dealkylation sites (tertiary alicyclic amines) is 1. The fourth-order valence-corrected chi connectivity index (χ4v) is 8.99. The molecule has 2 aromatic heterocycles. The first-order valence-electron chi connectivity index (χ1n) is 21.9. The van der Waals surface area contributed by atoms with Crippen molar-refractivity contribution in [2.45, 2.75) is 83.9 Å². The summed E-state index contributed by atoms with van der Waals surface area (Å²) in [7, 11) is 0. The van der Waals surface area contributed by atoms with Crippen molar-refractivity contribution in [2.75, 3.05) is 38.1 Å². The number of amides is 4. The average molecular weight is 1060 g/mol. The van der Waals surface area contributed by atoms with Gasteiger partial charge in [0.2, 0.25) is 17.7 Å². The van der Waals surface area contributed by atoms with E-state index in [4.69, 9.17) is 9.36 Å². The number of aromatic nitrogens is 2. The van der Waals surface area contributed by atoms with E-state index in [1.54, 1.807) is 24.6 Å². The van der Waals surface area contributed by atoms with Crippen LogP contribution in [0.15, 0.2) is 70.7 Å². The number of hydrogen-bond acceptors (Lipinski definition) is 12. The third kappa shape index (κ3) is 13.6. The highest BCUT2D eigenvalue weighted by Crippen LogP contribution is 2.33. The number of aliphatic hydroxyl groups is 1. The van der Waals surface area contributed by atoms with E-state index in [1.807, 2.05) is 67.6 Å². The zero-order valence-electron chi connectivity index (χ0n) is 37.5. The quantitative estimate of drug-likeness (QED) is 0.0230. The average Bonchev–Trinajstić information content (AvgIpc) is 4.04. The Morgan fingerprint density at radius 2 is 1.72 bits per heavy atom. The van der Waals surface area contributed by atoms with Gasteiger partial charge in [0.25, 0.3) is 5.91 Å². The van der Waals surface area contributed by atoms with Gasteiger partial charge in [0, 0.05) is 29.1 Å². The Bertz CT molecular complexity index is 2510. The van der Waals surface area contributed by atoms with Gasteiger partial charge in [-0.15, -0.1) is 11.3 Å². The number of carbonyl (C=O) groups is 4. The molecule has 0 aliphatic carbocycles. The molecule has 0 radical (unpaired) electrons. The van der Waals surface area contributed by atoms with Crippen LogP contribution in [0.1, 0.15) is 91.0 Å². The first kappa shape index (κ1) is 51.0. The fraction of sp³-hybridized carbons (Fsp3) is 0.404. The van der Waals surface area contributed by atoms with Crippen LogP contribution >= 0.6 is 33.9 Å². The molecule has 5 aromatic rings. The molecule has 6 N–H and O–H groups in total. The number of nitrogens with one attached hydrogen (secondary N) is 5. The molecule has 4 amide bonds. The zero-order chi connectivity index (χ0) is 48.2. The fourth-order valence-electron chi connectivity index (χ4n) is 7.73. The number of benzene rings is 3. The summed E-state index contributed by atoms with van der Waals surface area (Å²) in [5.74, 6) is -5.73. The molecule has 358 valence electrons. The summed E-state index contributed by atoms with van der Waals surface area (Å²) >= 11 is 3.43. The molecule has 6 rings (SSSR count). The van der Waals surface area contributed by atoms with E-state index in [9.17, 15) is 37.5 Å². The largest absolute Gasteiger partial charge is 0.391 e. The van der Waals surface area contributed by atoms with Gasteiger partial charge < -0.3 is 35.8 Å². The number of carbonyl (C=O) groups excluding carboxylic acids is 4. The standard InChI is InChI=1S/C47H54F3IN8O7S/c1-26(2)41(39-20-27(3)57-66-39)47(64)59-24-32(60)22-38(59)46(63)56-37(29-8-10-30(11-9-29)44-28(4)54-25-67-44)23-40(61)53-18-6-5-16-52-17-7-19-65-58-45(62)33-13-14-34(48)42(50)43(33)55-36-15-12-31(51)21-35(36)49/h8-15,20-21,25-26,32,37-38,41,52,55,60H,5-7,16-19,22-24H2,1-4H3,(H,53,61)(H,56,63)(H,58,62)/t32-,37+,38+,41-/m1/s1. The van der Waals surface area contributed by atoms with Crippen LogP contribution in [-0.4, -0.2) is 88.7 Å². The molecule has 15 nitrogen and oxygen atoms in total. The van der Waals surface area contributed by atoms with E-state index in [0.29, 0.717) is 53.1 Å². The van der Waals surface area contributed by atoms with Gasteiger partial charge in [-0.3, -0.25) is 24.0 Å². The molecular formula is C47H54F3IN8O7S. The lowest BCUT2D eigenvalue weighted by atomic mass is 9.91. The van der Waals surface area contributed by atoms with Gasteiger partial charge >= 0.3 is 0 Å². The van der Waals surface area contributed by atoms with Crippen LogP contribution in [0.2, 0.25) is 0 Å². The van der Waals surface area contributed by atoms with Crippen molar-refractivity contribution in [3.63, 3.8) is 0 Å². The summed E-state index contributed by atoms with van der Waals surface area (Å²) in [4.78, 5) is 66.3. The van der Waals surface area contributed by atoms with Crippen LogP contribution in [0, 0.1) is 40.8 Å². The molecule has 1 fully saturated rings. The lowest BCUT2D eigenvalue weighted by molar-refractivity contribution is -0.141. The van der Waals surface area contributed by atoms with Gasteiger partial charge in [0.05, 0.1) is 63.9 Å². The SMILES string of the molecule is Cc1cc([C@H](C(=O)N2C[C@H](O)C[C@H]2C(=O)N[C@@H](CC(=O)NCCCCNCCCONC(=O)c2ccc(F)c(F)c2Nc2ccc(I)cc2F)c2ccc(-c3scnc3C)cc2)C(C)C)on1. The smallest absolute Gasteiger partial charge is 0.277 e. The van der Waals surface area contributed by atoms with Crippen LogP contribution in [0.5, 0.6) is 0 Å². The van der Waals surface area contributed by atoms with Crippen molar-refractivity contribution < 1.29 is 46.8 Å². The summed E-state index contributed by atoms with van der Waals surface area (Å²) in [6, 6.07) is 13.6. The van der Waals surface area contributed by atoms with Crippen LogP contribution in [-0.2, 0) is 19.2 Å². The number of nitrogens with zero attached hydrogens (tertiary/aromatic N) is 3. The molecule has 67 heavy (non-hydrogen) atoms. The molecule has 3 aromatic carbocycles. The van der Waals surface area contributed by atoms with Crippen molar-refractivity contribution in [2.24, 2.45) is 5.92 Å². The number of anilines is 2. The molecule has 4 atom stereocenters. The third-order valence-corrected chi connectivity index (χ3v) is 12.8. The van der Waals surface area contributed by atoms with E-state index >= 15 is 0 Å². The summed E-state index contributed by atoms with van der Waals surface area (Å²) < 4.78 is 49.3. The Morgan fingerprint density at radius 1 is 0.970 bits per heavy atom. The maximum absolute atomic E-state index is 14.7. The van der Waals surface area contributed by atoms with Gasteiger partial charge in [-0.1, -0.05) is 43.3 Å². The molecule has 1 saturated heterocycles. The van der Waals surface area contributed by atoms with Gasteiger partial charge in [-0.25, -0.2) is 23.6 Å². The Hall–Kier alpha value is -5.42. The van der Waals surface area contributed by atoms with Crippen LogP contribution in [0.25, 0.3) is 10.4 Å². The zero-order valence-corrected chi connectivity index (χ0v) is 40.4. The predicted molar refractivity (Wildman–Crippen MR) is 255 cm³/mol. The molecule has 20 heteroatoms. The third-order valence-electron chi connectivity index (χ3n) is 11.2. The second-order valence-electron chi connectivity index (χ2n) is 16.6. The Balaban J connectivity index is 0.958. The van der Waals surface area contributed by atoms with Crippen LogP contribution in [0.4, 0.5) is 24.5 Å². The lowest BCUT2D eigenvalue weighted by Gasteiger charge is -2.30. The molecule has 3 heterocycles. The number of hydrogen-bond donors (Lipinski definition) is 6. The summed E-state index contributed by atoms with van der Waals surface area (Å²) in [5.41, 5.74) is 6.20. The normalized spacial score (nSPS) is 15.6. The maximum Gasteiger partial charge on any atom is 0.277 e. The van der Waals surface area contributed by atoms with E-state index in [1.165, 1.54) is 28.4 Å². The van der Waals surface area contributed by atoms with Crippen molar-refractivity contribution in [3.8, 4) is 10.4 Å². The van der Waals surface area contributed by atoms with E-state index < -0.39 is 59.1 Å². The number of hydroxylamine groups is 1. The molecule has 0 bridgehead atoms. The number of halogens is 4. The molecular weight excluding hydrogens is 1000 g/mol. The second kappa shape index (κ2) is 24.0. The number of thiazole rings is 1. The van der Waals surface area contributed by atoms with Gasteiger partial charge in [-0.2, -0.15) is 0 Å². The van der Waals surface area contributed by atoms with Crippen LogP contribution in [0.3, 0.4) is 0 Å². The van der Waals surface area contributed by atoms with Gasteiger partial charge in [0.1, 0.15) is 23.5 Å². The number of β-amino-alcohol motifs (C(OH)–C–C–N with tert-alkyl or cyclic N) is 1. The second-order valence-corrected chi connectivity index (χ2v) is 18.7. The number of unbranched alkanes of at least 4 members (excludes halogenated alkanes) is 1. The highest BCUT2D eigenvalue weighted by atomic mass is 127. The van der Waals surface area contributed by atoms with Crippen molar-refractivity contribution in [1.29, 1.82) is 0 Å². The van der Waals surface area contributed by atoms with E-state index in [0.717, 1.165) is 34.7 Å². The number of rotatable bonds is 22. The molecule has 1 aliphatic heterocycles. The van der Waals surface area contributed by atoms with Crippen molar-refractivity contribution in [1.82, 2.24) is 36.5 Å². The first-order chi connectivity index (χ1) is 32.1. The molecule has 1 aliphatic rings. The van der Waals surface area contributed by atoms with Crippen LogP contribution < -0.4 is 26.7 Å². The summed E-state index contributed by atoms with van der Waals surface area (Å²) in [5, 5.41) is 26.4. The maximum atomic E-state index is 14.7. The van der Waals surface area contributed by atoms with Crippen molar-refractivity contribution in [3.05, 3.63) is 115 Å². The lowest BCUT2D eigenvalue weighted by Crippen LogP contribution is -2.49. The Kier molecular flexibility index (Phi) is 18.3. The van der Waals surface area contributed by atoms with Crippen molar-refractivity contribution >= 4 is 68.9 Å². The minimum absolute atomic E-state index is 0.0243. The topological polar surface area (TPSA) is 200 Å².